The molecule has 6 nitrogen and oxygen atoms in total. The Morgan fingerprint density at radius 1 is 1.36 bits per heavy atom. The fourth-order valence-corrected chi connectivity index (χ4v) is 6.12. The van der Waals surface area contributed by atoms with Crippen molar-refractivity contribution in [3.05, 3.63) is 17.0 Å². The summed E-state index contributed by atoms with van der Waals surface area (Å²) in [4.78, 5) is 5.20. The van der Waals surface area contributed by atoms with Gasteiger partial charge in [-0.15, -0.1) is 35.3 Å². The Balaban J connectivity index is 0.00000312. The van der Waals surface area contributed by atoms with Crippen LogP contribution in [-0.4, -0.2) is 56.9 Å². The second-order valence-corrected chi connectivity index (χ2v) is 11.4. The molecule has 2 N–H and O–H groups in total. The Hall–Kier alpha value is -0.0400. The number of thioether (sulfide) groups is 1. The predicted molar refractivity (Wildman–Crippen MR) is 119 cm³/mol. The average molecular weight is 519 g/mol. The summed E-state index contributed by atoms with van der Waals surface area (Å²) in [6.07, 6.45) is 2.49. The molecular formula is C15H27IN4O2S3. The van der Waals surface area contributed by atoms with Crippen LogP contribution in [0, 0.1) is 0 Å². The first-order valence-electron chi connectivity index (χ1n) is 7.86. The molecule has 0 spiro atoms. The Bertz CT molecular complexity index is 683. The third kappa shape index (κ3) is 6.26. The lowest BCUT2D eigenvalue weighted by atomic mass is 10.1. The van der Waals surface area contributed by atoms with Crippen LogP contribution in [0.5, 0.6) is 0 Å². The summed E-state index contributed by atoms with van der Waals surface area (Å²) < 4.78 is 26.1. The van der Waals surface area contributed by atoms with Gasteiger partial charge in [-0.25, -0.2) is 12.7 Å². The van der Waals surface area contributed by atoms with Crippen LogP contribution in [0.4, 0.5) is 0 Å². The molecule has 0 saturated carbocycles. The Morgan fingerprint density at radius 2 is 2.08 bits per heavy atom. The molecule has 0 amide bonds. The van der Waals surface area contributed by atoms with Gasteiger partial charge in [0.05, 0.1) is 6.54 Å². The third-order valence-electron chi connectivity index (χ3n) is 3.96. The van der Waals surface area contributed by atoms with Gasteiger partial charge >= 0.3 is 0 Å². The van der Waals surface area contributed by atoms with Crippen molar-refractivity contribution in [2.45, 2.75) is 35.3 Å². The standard InChI is InChI=1S/C15H26N4O2S3.HI/c1-15(8-5-9-22-15)11-18-14(16-2)17-10-12-6-7-13(23-12)24(20,21)19(3)4;/h6-7H,5,8-11H2,1-4H3,(H2,16,17,18);1H. The van der Waals surface area contributed by atoms with Gasteiger partial charge in [0.2, 0.25) is 0 Å². The molecule has 1 unspecified atom stereocenters. The summed E-state index contributed by atoms with van der Waals surface area (Å²) in [5.41, 5.74) is 0. The van der Waals surface area contributed by atoms with Gasteiger partial charge in [0, 0.05) is 37.3 Å². The van der Waals surface area contributed by atoms with E-state index in [1.807, 2.05) is 17.8 Å². The van der Waals surface area contributed by atoms with Gasteiger partial charge in [-0.1, -0.05) is 0 Å². The average Bonchev–Trinajstić information content (AvgIpc) is 3.17. The Morgan fingerprint density at radius 3 is 2.64 bits per heavy atom. The lowest BCUT2D eigenvalue weighted by Crippen LogP contribution is -2.43. The highest BCUT2D eigenvalue weighted by Crippen LogP contribution is 2.36. The molecule has 10 heteroatoms. The normalized spacial score (nSPS) is 21.2. The molecule has 0 aliphatic carbocycles. The van der Waals surface area contributed by atoms with Crippen LogP contribution >= 0.6 is 47.1 Å². The second kappa shape index (κ2) is 9.77. The smallest absolute Gasteiger partial charge is 0.252 e. The van der Waals surface area contributed by atoms with E-state index in [4.69, 9.17) is 0 Å². The predicted octanol–water partition coefficient (Wildman–Crippen LogP) is 2.57. The van der Waals surface area contributed by atoms with E-state index in [1.54, 1.807) is 27.2 Å². The molecule has 0 bridgehead atoms. The number of sulfonamides is 1. The van der Waals surface area contributed by atoms with E-state index >= 15 is 0 Å². The first-order valence-corrected chi connectivity index (χ1v) is 11.1. The fourth-order valence-electron chi connectivity index (χ4n) is 2.41. The van der Waals surface area contributed by atoms with Crippen LogP contribution in [-0.2, 0) is 16.6 Å². The van der Waals surface area contributed by atoms with E-state index in [2.05, 4.69) is 22.5 Å². The van der Waals surface area contributed by atoms with Crippen molar-refractivity contribution in [3.63, 3.8) is 0 Å². The molecule has 1 fully saturated rings. The zero-order valence-electron chi connectivity index (χ0n) is 15.0. The van der Waals surface area contributed by atoms with Crippen LogP contribution in [0.3, 0.4) is 0 Å². The molecule has 0 aromatic carbocycles. The lowest BCUT2D eigenvalue weighted by Gasteiger charge is -2.24. The molecule has 25 heavy (non-hydrogen) atoms. The van der Waals surface area contributed by atoms with E-state index in [0.717, 1.165) is 17.4 Å². The van der Waals surface area contributed by atoms with Crippen molar-refractivity contribution in [3.8, 4) is 0 Å². The number of nitrogens with one attached hydrogen (secondary N) is 2. The number of aliphatic imine (C=N–C) groups is 1. The van der Waals surface area contributed by atoms with Crippen LogP contribution in [0.2, 0.25) is 0 Å². The zero-order valence-corrected chi connectivity index (χ0v) is 19.8. The Kier molecular flexibility index (Phi) is 8.99. The number of nitrogens with zero attached hydrogens (tertiary/aromatic N) is 2. The van der Waals surface area contributed by atoms with Crippen LogP contribution < -0.4 is 10.6 Å². The summed E-state index contributed by atoms with van der Waals surface area (Å²) in [6.45, 7) is 3.71. The molecule has 1 aromatic heterocycles. The quantitative estimate of drug-likeness (QED) is 0.344. The van der Waals surface area contributed by atoms with Crippen LogP contribution in [0.25, 0.3) is 0 Å². The number of thiophene rings is 1. The van der Waals surface area contributed by atoms with Gasteiger partial charge in [-0.2, -0.15) is 11.8 Å². The number of halogens is 1. The van der Waals surface area contributed by atoms with Crippen LogP contribution in [0.1, 0.15) is 24.6 Å². The van der Waals surface area contributed by atoms with Crippen molar-refractivity contribution in [2.24, 2.45) is 4.99 Å². The summed E-state index contributed by atoms with van der Waals surface area (Å²) in [5, 5.41) is 6.63. The van der Waals surface area contributed by atoms with Gasteiger partial charge in [0.1, 0.15) is 4.21 Å². The van der Waals surface area contributed by atoms with Crippen molar-refractivity contribution >= 4 is 63.1 Å². The van der Waals surface area contributed by atoms with Crippen LogP contribution in [0.15, 0.2) is 21.3 Å². The van der Waals surface area contributed by atoms with E-state index in [9.17, 15) is 8.42 Å². The number of hydrogen-bond acceptors (Lipinski definition) is 5. The maximum Gasteiger partial charge on any atom is 0.252 e. The van der Waals surface area contributed by atoms with E-state index in [-0.39, 0.29) is 28.7 Å². The highest BCUT2D eigenvalue weighted by molar-refractivity contribution is 14.0. The van der Waals surface area contributed by atoms with Gasteiger partial charge in [0.25, 0.3) is 10.0 Å². The molecule has 0 radical (unpaired) electrons. The molecule has 1 aliphatic rings. The number of hydrogen-bond donors (Lipinski definition) is 2. The molecule has 2 rings (SSSR count). The largest absolute Gasteiger partial charge is 0.355 e. The molecule has 1 aromatic rings. The highest BCUT2D eigenvalue weighted by Gasteiger charge is 2.29. The molecule has 1 atom stereocenters. The molecule has 1 aliphatic heterocycles. The minimum atomic E-state index is -3.35. The molecule has 1 saturated heterocycles. The number of guanidine groups is 1. The van der Waals surface area contributed by atoms with Crippen molar-refractivity contribution in [1.82, 2.24) is 14.9 Å². The van der Waals surface area contributed by atoms with E-state index < -0.39 is 10.0 Å². The summed E-state index contributed by atoms with van der Waals surface area (Å²) >= 11 is 3.29. The first kappa shape index (κ1) is 23.0. The second-order valence-electron chi connectivity index (χ2n) is 6.19. The van der Waals surface area contributed by atoms with Gasteiger partial charge in [-0.3, -0.25) is 4.99 Å². The summed E-state index contributed by atoms with van der Waals surface area (Å²) in [6, 6.07) is 3.50. The first-order chi connectivity index (χ1) is 11.3. The number of rotatable bonds is 6. The van der Waals surface area contributed by atoms with Gasteiger partial charge < -0.3 is 10.6 Å². The van der Waals surface area contributed by atoms with Crippen molar-refractivity contribution in [1.29, 1.82) is 0 Å². The maximum absolute atomic E-state index is 12.1. The maximum atomic E-state index is 12.1. The van der Waals surface area contributed by atoms with Crippen molar-refractivity contribution in [2.75, 3.05) is 33.4 Å². The minimum absolute atomic E-state index is 0. The molecular weight excluding hydrogens is 491 g/mol. The molecule has 144 valence electrons. The summed E-state index contributed by atoms with van der Waals surface area (Å²) in [5.74, 6) is 1.97. The third-order valence-corrected chi connectivity index (χ3v) is 8.86. The monoisotopic (exact) mass is 518 g/mol. The molecule has 2 heterocycles. The van der Waals surface area contributed by atoms with E-state index in [0.29, 0.717) is 10.8 Å². The van der Waals surface area contributed by atoms with Gasteiger partial charge in [0.15, 0.2) is 5.96 Å². The SMILES string of the molecule is CN=C(NCc1ccc(S(=O)(=O)N(C)C)s1)NCC1(C)CCCS1.I. The summed E-state index contributed by atoms with van der Waals surface area (Å²) in [7, 11) is 1.48. The van der Waals surface area contributed by atoms with Crippen molar-refractivity contribution < 1.29 is 8.42 Å². The highest BCUT2D eigenvalue weighted by atomic mass is 127. The lowest BCUT2D eigenvalue weighted by molar-refractivity contribution is 0.523. The van der Waals surface area contributed by atoms with Gasteiger partial charge in [-0.05, 0) is 37.7 Å². The zero-order chi connectivity index (χ0) is 17.8. The Labute approximate surface area is 176 Å². The topological polar surface area (TPSA) is 73.8 Å². The van der Waals surface area contributed by atoms with E-state index in [1.165, 1.54) is 34.2 Å². The minimum Gasteiger partial charge on any atom is -0.355 e. The fraction of sp³-hybridized carbons (Fsp3) is 0.667.